The Morgan fingerprint density at radius 1 is 1.00 bits per heavy atom. The first kappa shape index (κ1) is 18.7. The second-order valence-corrected chi connectivity index (χ2v) is 5.86. The van der Waals surface area contributed by atoms with E-state index >= 15 is 0 Å². The van der Waals surface area contributed by atoms with Crippen molar-refractivity contribution in [1.82, 2.24) is 9.97 Å². The van der Waals surface area contributed by atoms with E-state index < -0.39 is 29.3 Å². The molecule has 0 aliphatic heterocycles. The van der Waals surface area contributed by atoms with Crippen LogP contribution >= 0.6 is 0 Å². The van der Waals surface area contributed by atoms with Gasteiger partial charge >= 0.3 is 6.18 Å². The van der Waals surface area contributed by atoms with Crippen molar-refractivity contribution in [3.05, 3.63) is 64.5 Å². The van der Waals surface area contributed by atoms with Gasteiger partial charge in [-0.25, -0.2) is 18.7 Å². The number of hydrogen-bond donors (Lipinski definition) is 1. The fraction of sp³-hybridized carbons (Fsp3) is 0.167. The van der Waals surface area contributed by atoms with E-state index in [2.05, 4.69) is 15.3 Å². The molecule has 0 aliphatic carbocycles. The zero-order valence-electron chi connectivity index (χ0n) is 14.1. The number of carbonyl (C=O) groups is 1. The zero-order chi connectivity index (χ0) is 19.9. The van der Waals surface area contributed by atoms with Gasteiger partial charge in [-0.3, -0.25) is 4.79 Å². The van der Waals surface area contributed by atoms with Crippen molar-refractivity contribution in [3.8, 4) is 0 Å². The van der Waals surface area contributed by atoms with E-state index in [-0.39, 0.29) is 22.3 Å². The van der Waals surface area contributed by atoms with Gasteiger partial charge in [0.1, 0.15) is 17.2 Å². The van der Waals surface area contributed by atoms with E-state index in [1.165, 1.54) is 0 Å². The summed E-state index contributed by atoms with van der Waals surface area (Å²) in [5, 5.41) is 2.21. The fourth-order valence-corrected chi connectivity index (χ4v) is 2.49. The molecule has 3 aromatic rings. The molecule has 0 fully saturated rings. The van der Waals surface area contributed by atoms with E-state index in [4.69, 9.17) is 0 Å². The molecule has 2 aromatic carbocycles. The molecule has 9 heteroatoms. The van der Waals surface area contributed by atoms with Crippen LogP contribution in [-0.2, 0) is 6.18 Å². The van der Waals surface area contributed by atoms with Crippen molar-refractivity contribution in [3.63, 3.8) is 0 Å². The third kappa shape index (κ3) is 3.71. The molecule has 0 aliphatic rings. The molecule has 0 radical (unpaired) electrons. The second kappa shape index (κ2) is 6.57. The number of amides is 1. The molecule has 1 N–H and O–H groups in total. The van der Waals surface area contributed by atoms with Crippen LogP contribution in [0.15, 0.2) is 30.3 Å². The number of alkyl halides is 3. The quantitative estimate of drug-likeness (QED) is 0.649. The maximum Gasteiger partial charge on any atom is 0.419 e. The smallest absolute Gasteiger partial charge is 0.322 e. The fourth-order valence-electron chi connectivity index (χ4n) is 2.49. The van der Waals surface area contributed by atoms with Gasteiger partial charge in [-0.1, -0.05) is 0 Å². The van der Waals surface area contributed by atoms with E-state index in [1.807, 2.05) is 0 Å². The Balaban J connectivity index is 2.04. The number of aryl methyl sites for hydroxylation is 2. The lowest BCUT2D eigenvalue weighted by molar-refractivity contribution is -0.139. The minimum absolute atomic E-state index is 0.107. The molecule has 0 saturated heterocycles. The van der Waals surface area contributed by atoms with Crippen LogP contribution in [0.3, 0.4) is 0 Å². The second-order valence-electron chi connectivity index (χ2n) is 5.86. The highest BCUT2D eigenvalue weighted by Gasteiger charge is 2.34. The maximum atomic E-state index is 13.9. The summed E-state index contributed by atoms with van der Waals surface area (Å²) in [4.78, 5) is 20.9. The summed E-state index contributed by atoms with van der Waals surface area (Å²) in [7, 11) is 0. The van der Waals surface area contributed by atoms with Crippen molar-refractivity contribution < 1.29 is 26.7 Å². The molecule has 1 aromatic heterocycles. The standard InChI is InChI=1S/C18H12F5N3O/c1-8-9(2)25-16-12(5-10(19)6-15(16)24-8)17(27)26-11-3-4-14(20)13(7-11)18(21,22)23/h3-7H,1-2H3,(H,26,27). The SMILES string of the molecule is Cc1nc2cc(F)cc(C(=O)Nc3ccc(F)c(C(F)(F)F)c3)c2nc1C. The van der Waals surface area contributed by atoms with Gasteiger partial charge in [-0.2, -0.15) is 13.2 Å². The van der Waals surface area contributed by atoms with Crippen LogP contribution in [0, 0.1) is 25.5 Å². The Morgan fingerprint density at radius 3 is 2.33 bits per heavy atom. The number of carbonyl (C=O) groups excluding carboxylic acids is 1. The van der Waals surface area contributed by atoms with E-state index in [0.717, 1.165) is 18.2 Å². The number of nitrogens with zero attached hydrogens (tertiary/aromatic N) is 2. The van der Waals surface area contributed by atoms with Gasteiger partial charge in [0.25, 0.3) is 5.91 Å². The monoisotopic (exact) mass is 381 g/mol. The third-order valence-corrected chi connectivity index (χ3v) is 3.92. The van der Waals surface area contributed by atoms with Crippen LogP contribution in [0.4, 0.5) is 27.6 Å². The first-order valence-corrected chi connectivity index (χ1v) is 7.69. The highest BCUT2D eigenvalue weighted by molar-refractivity contribution is 6.11. The summed E-state index contributed by atoms with van der Waals surface area (Å²) < 4.78 is 65.7. The molecular formula is C18H12F5N3O. The van der Waals surface area contributed by atoms with E-state index in [1.54, 1.807) is 13.8 Å². The minimum atomic E-state index is -4.92. The van der Waals surface area contributed by atoms with Crippen LogP contribution < -0.4 is 5.32 Å². The summed E-state index contributed by atoms with van der Waals surface area (Å²) in [6.07, 6.45) is -4.92. The Labute approximate surface area is 150 Å². The van der Waals surface area contributed by atoms with Crippen LogP contribution in [0.5, 0.6) is 0 Å². The summed E-state index contributed by atoms with van der Waals surface area (Å²) in [5.41, 5.74) is -0.692. The highest BCUT2D eigenvalue weighted by atomic mass is 19.4. The molecule has 1 amide bonds. The topological polar surface area (TPSA) is 54.9 Å². The molecule has 140 valence electrons. The van der Waals surface area contributed by atoms with E-state index in [0.29, 0.717) is 23.5 Å². The number of halogens is 5. The number of hydrogen-bond acceptors (Lipinski definition) is 3. The average Bonchev–Trinajstić information content (AvgIpc) is 2.56. The van der Waals surface area contributed by atoms with Gasteiger partial charge in [0.15, 0.2) is 0 Å². The maximum absolute atomic E-state index is 13.9. The van der Waals surface area contributed by atoms with Crippen LogP contribution in [-0.4, -0.2) is 15.9 Å². The molecule has 3 rings (SSSR count). The third-order valence-electron chi connectivity index (χ3n) is 3.92. The number of fused-ring (bicyclic) bond motifs is 1. The first-order valence-electron chi connectivity index (χ1n) is 7.69. The Kier molecular flexibility index (Phi) is 4.54. The average molecular weight is 381 g/mol. The van der Waals surface area contributed by atoms with Crippen molar-refractivity contribution in [2.75, 3.05) is 5.32 Å². The van der Waals surface area contributed by atoms with Crippen LogP contribution in [0.25, 0.3) is 11.0 Å². The molecule has 4 nitrogen and oxygen atoms in total. The first-order chi connectivity index (χ1) is 12.6. The number of rotatable bonds is 2. The van der Waals surface area contributed by atoms with Gasteiger partial charge < -0.3 is 5.32 Å². The zero-order valence-corrected chi connectivity index (χ0v) is 14.1. The molecule has 0 atom stereocenters. The highest BCUT2D eigenvalue weighted by Crippen LogP contribution is 2.33. The van der Waals surface area contributed by atoms with Crippen molar-refractivity contribution in [1.29, 1.82) is 0 Å². The predicted octanol–water partition coefficient (Wildman–Crippen LogP) is 4.80. The largest absolute Gasteiger partial charge is 0.419 e. The molecule has 0 unspecified atom stereocenters. The Bertz CT molecular complexity index is 1060. The molecule has 1 heterocycles. The predicted molar refractivity (Wildman–Crippen MR) is 88.3 cm³/mol. The summed E-state index contributed by atoms with van der Waals surface area (Å²) in [6.45, 7) is 3.33. The number of anilines is 1. The van der Waals surface area contributed by atoms with Gasteiger partial charge in [0, 0.05) is 11.8 Å². The lowest BCUT2D eigenvalue weighted by Gasteiger charge is -2.12. The minimum Gasteiger partial charge on any atom is -0.322 e. The molecule has 27 heavy (non-hydrogen) atoms. The van der Waals surface area contributed by atoms with Gasteiger partial charge in [0.2, 0.25) is 0 Å². The molecular weight excluding hydrogens is 369 g/mol. The van der Waals surface area contributed by atoms with Crippen molar-refractivity contribution in [2.45, 2.75) is 20.0 Å². The van der Waals surface area contributed by atoms with Crippen LogP contribution in [0.1, 0.15) is 27.3 Å². The van der Waals surface area contributed by atoms with Crippen LogP contribution in [0.2, 0.25) is 0 Å². The van der Waals surface area contributed by atoms with Crippen molar-refractivity contribution in [2.24, 2.45) is 0 Å². The summed E-state index contributed by atoms with van der Waals surface area (Å²) in [5.74, 6) is -3.11. The number of aromatic nitrogens is 2. The van der Waals surface area contributed by atoms with Gasteiger partial charge in [-0.15, -0.1) is 0 Å². The van der Waals surface area contributed by atoms with Crippen molar-refractivity contribution >= 4 is 22.6 Å². The lowest BCUT2D eigenvalue weighted by atomic mass is 10.1. The Hall–Kier alpha value is -3.10. The van der Waals surface area contributed by atoms with Gasteiger partial charge in [0.05, 0.1) is 28.0 Å². The number of benzene rings is 2. The summed E-state index contributed by atoms with van der Waals surface area (Å²) in [6, 6.07) is 4.05. The molecule has 0 bridgehead atoms. The number of nitrogens with one attached hydrogen (secondary N) is 1. The molecule has 0 saturated carbocycles. The Morgan fingerprint density at radius 2 is 1.67 bits per heavy atom. The van der Waals surface area contributed by atoms with Gasteiger partial charge in [-0.05, 0) is 38.1 Å². The lowest BCUT2D eigenvalue weighted by Crippen LogP contribution is -2.15. The normalized spacial score (nSPS) is 11.7. The van der Waals surface area contributed by atoms with E-state index in [9.17, 15) is 26.7 Å². The molecule has 0 spiro atoms. The summed E-state index contributed by atoms with van der Waals surface area (Å²) >= 11 is 0.